The van der Waals surface area contributed by atoms with Crippen LogP contribution in [0.15, 0.2) is 17.5 Å². The minimum atomic E-state index is -0.0426. The summed E-state index contributed by atoms with van der Waals surface area (Å²) in [6, 6.07) is 4.74. The highest BCUT2D eigenvalue weighted by molar-refractivity contribution is 7.09. The van der Waals surface area contributed by atoms with Gasteiger partial charge >= 0.3 is 0 Å². The molecule has 1 fully saturated rings. The first-order valence-corrected chi connectivity index (χ1v) is 8.10. The fraction of sp³-hybridized carbons (Fsp3) is 0.733. The van der Waals surface area contributed by atoms with E-state index in [4.69, 9.17) is 9.47 Å². The van der Waals surface area contributed by atoms with Crippen LogP contribution in [-0.4, -0.2) is 38.5 Å². The van der Waals surface area contributed by atoms with Gasteiger partial charge in [0.05, 0.1) is 5.60 Å². The molecule has 2 heterocycles. The molecular formula is C15H25NO2S. The van der Waals surface area contributed by atoms with Gasteiger partial charge in [-0.05, 0) is 38.3 Å². The summed E-state index contributed by atoms with van der Waals surface area (Å²) in [6.45, 7) is 4.49. The highest BCUT2D eigenvalue weighted by atomic mass is 32.1. The minimum Gasteiger partial charge on any atom is -0.381 e. The van der Waals surface area contributed by atoms with E-state index in [1.165, 1.54) is 4.88 Å². The quantitative estimate of drug-likeness (QED) is 0.834. The number of nitrogens with one attached hydrogen (secondary N) is 1. The van der Waals surface area contributed by atoms with Crippen LogP contribution < -0.4 is 5.32 Å². The van der Waals surface area contributed by atoms with Crippen molar-refractivity contribution in [2.75, 3.05) is 26.9 Å². The van der Waals surface area contributed by atoms with Crippen molar-refractivity contribution in [2.45, 2.75) is 44.2 Å². The Morgan fingerprint density at radius 1 is 1.47 bits per heavy atom. The Hall–Kier alpha value is -0.420. The van der Waals surface area contributed by atoms with Crippen LogP contribution in [0.2, 0.25) is 0 Å². The van der Waals surface area contributed by atoms with Crippen molar-refractivity contribution >= 4 is 11.3 Å². The summed E-state index contributed by atoms with van der Waals surface area (Å²) in [6.07, 6.45) is 4.24. The van der Waals surface area contributed by atoms with Gasteiger partial charge in [0.1, 0.15) is 0 Å². The van der Waals surface area contributed by atoms with E-state index in [-0.39, 0.29) is 5.60 Å². The van der Waals surface area contributed by atoms with Gasteiger partial charge in [0.2, 0.25) is 0 Å². The first-order valence-electron chi connectivity index (χ1n) is 7.22. The molecule has 108 valence electrons. The Labute approximate surface area is 120 Å². The van der Waals surface area contributed by atoms with Gasteiger partial charge in [0.25, 0.3) is 0 Å². The first kappa shape index (κ1) is 15.0. The fourth-order valence-electron chi connectivity index (χ4n) is 3.01. The zero-order valence-electron chi connectivity index (χ0n) is 12.0. The Morgan fingerprint density at radius 2 is 2.26 bits per heavy atom. The second-order valence-corrected chi connectivity index (χ2v) is 6.10. The standard InChI is InChI=1S/C15H25NO2S/c1-3-18-15(8-10-17-11-9-15)14(16-2)7-6-13-5-4-12-19-13/h4-5,12,14,16H,3,6-11H2,1-2H3. The lowest BCUT2D eigenvalue weighted by atomic mass is 9.83. The van der Waals surface area contributed by atoms with Crippen molar-refractivity contribution in [3.63, 3.8) is 0 Å². The van der Waals surface area contributed by atoms with E-state index < -0.39 is 0 Å². The highest BCUT2D eigenvalue weighted by Gasteiger charge is 2.40. The topological polar surface area (TPSA) is 30.5 Å². The van der Waals surface area contributed by atoms with E-state index in [2.05, 4.69) is 36.8 Å². The largest absolute Gasteiger partial charge is 0.381 e. The Kier molecular flexibility index (Phi) is 5.82. The second-order valence-electron chi connectivity index (χ2n) is 5.07. The number of hydrogen-bond acceptors (Lipinski definition) is 4. The molecule has 0 saturated carbocycles. The van der Waals surface area contributed by atoms with Gasteiger partial charge < -0.3 is 14.8 Å². The summed E-state index contributed by atoms with van der Waals surface area (Å²) in [5.41, 5.74) is -0.0426. The Balaban J connectivity index is 1.99. The third-order valence-corrected chi connectivity index (χ3v) is 4.95. The van der Waals surface area contributed by atoms with Crippen LogP contribution in [0.25, 0.3) is 0 Å². The van der Waals surface area contributed by atoms with Crippen LogP contribution in [0.4, 0.5) is 0 Å². The maximum Gasteiger partial charge on any atom is 0.0878 e. The van der Waals surface area contributed by atoms with Gasteiger partial charge in [-0.25, -0.2) is 0 Å². The molecule has 1 unspecified atom stereocenters. The normalized spacial score (nSPS) is 20.3. The summed E-state index contributed by atoms with van der Waals surface area (Å²) in [5.74, 6) is 0. The predicted octanol–water partition coefficient (Wildman–Crippen LogP) is 2.85. The molecule has 0 aliphatic carbocycles. The summed E-state index contributed by atoms with van der Waals surface area (Å²) in [7, 11) is 2.05. The lowest BCUT2D eigenvalue weighted by Crippen LogP contribution is -2.54. The van der Waals surface area contributed by atoms with E-state index in [9.17, 15) is 0 Å². The summed E-state index contributed by atoms with van der Waals surface area (Å²) in [4.78, 5) is 1.46. The number of hydrogen-bond donors (Lipinski definition) is 1. The molecule has 1 aromatic heterocycles. The highest BCUT2D eigenvalue weighted by Crippen LogP contribution is 2.31. The smallest absolute Gasteiger partial charge is 0.0878 e. The van der Waals surface area contributed by atoms with Crippen LogP contribution in [0.1, 0.15) is 31.1 Å². The number of rotatable bonds is 7. The SMILES string of the molecule is CCOC1(C(CCc2cccs2)NC)CCOCC1. The van der Waals surface area contributed by atoms with Gasteiger partial charge in [0, 0.05) is 43.6 Å². The van der Waals surface area contributed by atoms with Crippen molar-refractivity contribution < 1.29 is 9.47 Å². The Bertz CT molecular complexity index is 342. The molecule has 1 saturated heterocycles. The van der Waals surface area contributed by atoms with Gasteiger partial charge in [-0.3, -0.25) is 0 Å². The van der Waals surface area contributed by atoms with Gasteiger partial charge in [-0.15, -0.1) is 11.3 Å². The second kappa shape index (κ2) is 7.39. The molecule has 3 nitrogen and oxygen atoms in total. The minimum absolute atomic E-state index is 0.0426. The van der Waals surface area contributed by atoms with E-state index in [0.717, 1.165) is 45.5 Å². The molecule has 2 rings (SSSR count). The van der Waals surface area contributed by atoms with Crippen LogP contribution in [-0.2, 0) is 15.9 Å². The molecule has 19 heavy (non-hydrogen) atoms. The van der Waals surface area contributed by atoms with Gasteiger partial charge in [-0.2, -0.15) is 0 Å². The van der Waals surface area contributed by atoms with Crippen molar-refractivity contribution in [3.8, 4) is 0 Å². The third kappa shape index (κ3) is 3.78. The van der Waals surface area contributed by atoms with Gasteiger partial charge in [-0.1, -0.05) is 6.07 Å². The predicted molar refractivity (Wildman–Crippen MR) is 79.9 cm³/mol. The zero-order valence-corrected chi connectivity index (χ0v) is 12.8. The first-order chi connectivity index (χ1) is 9.30. The molecule has 4 heteroatoms. The number of thiophene rings is 1. The average Bonchev–Trinajstić information content (AvgIpc) is 2.94. The van der Waals surface area contributed by atoms with Crippen LogP contribution in [0.5, 0.6) is 0 Å². The van der Waals surface area contributed by atoms with E-state index in [0.29, 0.717) is 6.04 Å². The van der Waals surface area contributed by atoms with E-state index in [1.807, 2.05) is 11.3 Å². The molecule has 1 aliphatic heterocycles. The number of ether oxygens (including phenoxy) is 2. The zero-order chi connectivity index (χ0) is 13.6. The maximum absolute atomic E-state index is 6.15. The molecule has 0 spiro atoms. The van der Waals surface area contributed by atoms with Crippen molar-refractivity contribution in [2.24, 2.45) is 0 Å². The van der Waals surface area contributed by atoms with E-state index in [1.54, 1.807) is 0 Å². The van der Waals surface area contributed by atoms with Crippen LogP contribution in [0.3, 0.4) is 0 Å². The summed E-state index contributed by atoms with van der Waals surface area (Å²) < 4.78 is 11.7. The summed E-state index contributed by atoms with van der Waals surface area (Å²) in [5, 5.41) is 5.63. The average molecular weight is 283 g/mol. The van der Waals surface area contributed by atoms with E-state index >= 15 is 0 Å². The van der Waals surface area contributed by atoms with Crippen LogP contribution in [0, 0.1) is 0 Å². The number of likely N-dealkylation sites (N-methyl/N-ethyl adjacent to an activating group) is 1. The van der Waals surface area contributed by atoms with Crippen molar-refractivity contribution in [1.29, 1.82) is 0 Å². The molecule has 0 radical (unpaired) electrons. The molecule has 0 amide bonds. The van der Waals surface area contributed by atoms with Crippen molar-refractivity contribution in [3.05, 3.63) is 22.4 Å². The molecule has 1 aliphatic rings. The molecular weight excluding hydrogens is 258 g/mol. The lowest BCUT2D eigenvalue weighted by molar-refractivity contribution is -0.126. The number of aryl methyl sites for hydroxylation is 1. The maximum atomic E-state index is 6.15. The molecule has 1 aromatic rings. The van der Waals surface area contributed by atoms with Crippen LogP contribution >= 0.6 is 11.3 Å². The monoisotopic (exact) mass is 283 g/mol. The fourth-order valence-corrected chi connectivity index (χ4v) is 3.73. The summed E-state index contributed by atoms with van der Waals surface area (Å²) >= 11 is 1.84. The molecule has 0 bridgehead atoms. The molecule has 1 N–H and O–H groups in total. The lowest BCUT2D eigenvalue weighted by Gasteiger charge is -2.43. The van der Waals surface area contributed by atoms with Crippen molar-refractivity contribution in [1.82, 2.24) is 5.32 Å². The molecule has 0 aromatic carbocycles. The molecule has 1 atom stereocenters. The van der Waals surface area contributed by atoms with Gasteiger partial charge in [0.15, 0.2) is 0 Å². The Morgan fingerprint density at radius 3 is 2.84 bits per heavy atom. The third-order valence-electron chi connectivity index (χ3n) is 4.01.